The molecule has 3 N–H and O–H groups in total. The van der Waals surface area contributed by atoms with Crippen LogP contribution in [0.2, 0.25) is 0 Å². The number of nitrogens with one attached hydrogen (secondary N) is 1. The van der Waals surface area contributed by atoms with Gasteiger partial charge in [0.15, 0.2) is 0 Å². The molecule has 6 nitrogen and oxygen atoms in total. The van der Waals surface area contributed by atoms with Crippen molar-refractivity contribution in [1.82, 2.24) is 10.2 Å². The molecular weight excluding hydrogens is 438 g/mol. The van der Waals surface area contributed by atoms with Crippen molar-refractivity contribution in [2.45, 2.75) is 13.0 Å². The molecule has 3 aromatic rings. The van der Waals surface area contributed by atoms with Crippen LogP contribution in [0, 0.1) is 11.6 Å². The molecule has 0 spiro atoms. The van der Waals surface area contributed by atoms with Crippen LogP contribution in [-0.2, 0) is 6.54 Å². The Morgan fingerprint density at radius 1 is 0.882 bits per heavy atom. The fraction of sp³-hybridized carbons (Fsp3) is 0.231. The molecule has 3 aromatic carbocycles. The zero-order valence-corrected chi connectivity index (χ0v) is 18.6. The van der Waals surface area contributed by atoms with Crippen LogP contribution in [0.1, 0.15) is 32.7 Å². The minimum atomic E-state index is -0.535. The summed E-state index contributed by atoms with van der Waals surface area (Å²) in [6.07, 6.45) is 0.668. The predicted molar refractivity (Wildman–Crippen MR) is 128 cm³/mol. The molecule has 1 aliphatic heterocycles. The Balaban J connectivity index is 1.47. The standard InChI is InChI=1S/C26H26F2N4O2/c27-19-8-6-18(7-9-19)17-30-25(33)22-16-20(29)10-11-24(22)31-12-3-13-32(15-14-31)26(34)21-4-1-2-5-23(21)28/h1-2,4-11,16H,3,12-15,17,29H2,(H,30,33). The van der Waals surface area contributed by atoms with Gasteiger partial charge in [0, 0.05) is 44.1 Å². The van der Waals surface area contributed by atoms with Crippen LogP contribution < -0.4 is 16.0 Å². The van der Waals surface area contributed by atoms with Crippen molar-refractivity contribution >= 4 is 23.2 Å². The van der Waals surface area contributed by atoms with Crippen LogP contribution in [0.5, 0.6) is 0 Å². The summed E-state index contributed by atoms with van der Waals surface area (Å²) >= 11 is 0. The average Bonchev–Trinajstić information content (AvgIpc) is 3.10. The Labute approximate surface area is 197 Å². The molecule has 4 rings (SSSR count). The highest BCUT2D eigenvalue weighted by atomic mass is 19.1. The zero-order valence-electron chi connectivity index (χ0n) is 18.6. The number of anilines is 2. The van der Waals surface area contributed by atoms with Gasteiger partial charge >= 0.3 is 0 Å². The van der Waals surface area contributed by atoms with Gasteiger partial charge in [0.05, 0.1) is 11.1 Å². The molecule has 2 amide bonds. The molecule has 0 aromatic heterocycles. The fourth-order valence-electron chi connectivity index (χ4n) is 4.06. The highest BCUT2D eigenvalue weighted by molar-refractivity contribution is 6.00. The number of halogens is 2. The van der Waals surface area contributed by atoms with Crippen LogP contribution in [0.25, 0.3) is 0 Å². The molecule has 176 valence electrons. The van der Waals surface area contributed by atoms with E-state index in [2.05, 4.69) is 5.32 Å². The molecule has 1 aliphatic rings. The summed E-state index contributed by atoms with van der Waals surface area (Å²) in [4.78, 5) is 29.5. The first-order valence-electron chi connectivity index (χ1n) is 11.1. The van der Waals surface area contributed by atoms with Crippen LogP contribution in [0.3, 0.4) is 0 Å². The normalized spacial score (nSPS) is 13.9. The van der Waals surface area contributed by atoms with E-state index < -0.39 is 5.82 Å². The minimum Gasteiger partial charge on any atom is -0.399 e. The van der Waals surface area contributed by atoms with Gasteiger partial charge in [-0.05, 0) is 54.4 Å². The van der Waals surface area contributed by atoms with E-state index in [1.807, 2.05) is 4.90 Å². The number of rotatable bonds is 5. The van der Waals surface area contributed by atoms with Crippen molar-refractivity contribution < 1.29 is 18.4 Å². The number of hydrogen-bond donors (Lipinski definition) is 2. The molecule has 1 fully saturated rings. The van der Waals surface area contributed by atoms with Crippen LogP contribution in [0.4, 0.5) is 20.2 Å². The van der Waals surface area contributed by atoms with Crippen LogP contribution in [-0.4, -0.2) is 42.9 Å². The summed E-state index contributed by atoms with van der Waals surface area (Å²) in [5.74, 6) is -1.51. The van der Waals surface area contributed by atoms with E-state index in [1.54, 1.807) is 47.4 Å². The molecule has 0 saturated carbocycles. The first kappa shape index (κ1) is 23.2. The van der Waals surface area contributed by atoms with Crippen molar-refractivity contribution in [3.05, 3.63) is 95.1 Å². The van der Waals surface area contributed by atoms with Gasteiger partial charge in [0.2, 0.25) is 0 Å². The third kappa shape index (κ3) is 5.33. The Kier molecular flexibility index (Phi) is 7.06. The summed E-state index contributed by atoms with van der Waals surface area (Å²) in [5.41, 5.74) is 8.40. The molecule has 0 aliphatic carbocycles. The molecule has 0 bridgehead atoms. The lowest BCUT2D eigenvalue weighted by molar-refractivity contribution is 0.0762. The topological polar surface area (TPSA) is 78.7 Å². The smallest absolute Gasteiger partial charge is 0.256 e. The number of hydrogen-bond acceptors (Lipinski definition) is 4. The zero-order chi connectivity index (χ0) is 24.1. The number of carbonyl (C=O) groups excluding carboxylic acids is 2. The Bertz CT molecular complexity index is 1180. The number of nitrogen functional groups attached to an aromatic ring is 1. The number of nitrogens with zero attached hydrogens (tertiary/aromatic N) is 2. The highest BCUT2D eigenvalue weighted by Gasteiger charge is 2.24. The minimum absolute atomic E-state index is 0.0595. The summed E-state index contributed by atoms with van der Waals surface area (Å²) in [7, 11) is 0. The lowest BCUT2D eigenvalue weighted by atomic mass is 10.1. The molecule has 8 heteroatoms. The second-order valence-electron chi connectivity index (χ2n) is 8.20. The monoisotopic (exact) mass is 464 g/mol. The van der Waals surface area contributed by atoms with E-state index >= 15 is 0 Å². The van der Waals surface area contributed by atoms with Crippen molar-refractivity contribution in [2.75, 3.05) is 36.8 Å². The molecule has 1 saturated heterocycles. The molecule has 1 heterocycles. The van der Waals surface area contributed by atoms with Gasteiger partial charge in [-0.2, -0.15) is 0 Å². The SMILES string of the molecule is Nc1ccc(N2CCCN(C(=O)c3ccccc3F)CC2)c(C(=O)NCc2ccc(F)cc2)c1. The summed E-state index contributed by atoms with van der Waals surface area (Å²) in [6, 6.07) is 17.1. The van der Waals surface area contributed by atoms with Crippen molar-refractivity contribution in [2.24, 2.45) is 0 Å². The maximum Gasteiger partial charge on any atom is 0.256 e. The van der Waals surface area contributed by atoms with Gasteiger partial charge in [-0.25, -0.2) is 8.78 Å². The quantitative estimate of drug-likeness (QED) is 0.563. The molecule has 0 radical (unpaired) electrons. The fourth-order valence-corrected chi connectivity index (χ4v) is 4.06. The summed E-state index contributed by atoms with van der Waals surface area (Å²) < 4.78 is 27.2. The number of benzene rings is 3. The number of nitrogens with two attached hydrogens (primary N) is 1. The Hall–Kier alpha value is -3.94. The van der Waals surface area contributed by atoms with Gasteiger partial charge in [-0.1, -0.05) is 24.3 Å². The lowest BCUT2D eigenvalue weighted by Crippen LogP contribution is -2.36. The second kappa shape index (κ2) is 10.3. The molecular formula is C26H26F2N4O2. The lowest BCUT2D eigenvalue weighted by Gasteiger charge is -2.26. The largest absolute Gasteiger partial charge is 0.399 e. The average molecular weight is 465 g/mol. The maximum absolute atomic E-state index is 14.1. The first-order chi connectivity index (χ1) is 16.4. The second-order valence-corrected chi connectivity index (χ2v) is 8.20. The Morgan fingerprint density at radius 3 is 2.41 bits per heavy atom. The number of carbonyl (C=O) groups is 2. The van der Waals surface area contributed by atoms with Crippen LogP contribution >= 0.6 is 0 Å². The van der Waals surface area contributed by atoms with Gasteiger partial charge in [0.1, 0.15) is 11.6 Å². The predicted octanol–water partition coefficient (Wildman–Crippen LogP) is 3.83. The van der Waals surface area contributed by atoms with Gasteiger partial charge in [-0.3, -0.25) is 9.59 Å². The van der Waals surface area contributed by atoms with E-state index in [0.717, 1.165) is 5.56 Å². The van der Waals surface area contributed by atoms with Gasteiger partial charge in [0.25, 0.3) is 11.8 Å². The van der Waals surface area contributed by atoms with Crippen molar-refractivity contribution in [3.8, 4) is 0 Å². The van der Waals surface area contributed by atoms with E-state index in [-0.39, 0.29) is 29.7 Å². The highest BCUT2D eigenvalue weighted by Crippen LogP contribution is 2.25. The molecule has 0 unspecified atom stereocenters. The first-order valence-corrected chi connectivity index (χ1v) is 11.1. The number of amides is 2. The third-order valence-corrected chi connectivity index (χ3v) is 5.86. The van der Waals surface area contributed by atoms with Gasteiger partial charge < -0.3 is 20.9 Å². The van der Waals surface area contributed by atoms with Crippen molar-refractivity contribution in [1.29, 1.82) is 0 Å². The van der Waals surface area contributed by atoms with Gasteiger partial charge in [-0.15, -0.1) is 0 Å². The third-order valence-electron chi connectivity index (χ3n) is 5.86. The van der Waals surface area contributed by atoms with Crippen molar-refractivity contribution in [3.63, 3.8) is 0 Å². The van der Waals surface area contributed by atoms with E-state index in [9.17, 15) is 18.4 Å². The summed E-state index contributed by atoms with van der Waals surface area (Å²) in [5, 5.41) is 2.86. The van der Waals surface area contributed by atoms with Crippen LogP contribution in [0.15, 0.2) is 66.7 Å². The molecule has 34 heavy (non-hydrogen) atoms. The maximum atomic E-state index is 14.1. The summed E-state index contributed by atoms with van der Waals surface area (Å²) in [6.45, 7) is 2.25. The molecule has 0 atom stereocenters. The van der Waals surface area contributed by atoms with E-state index in [0.29, 0.717) is 49.5 Å². The van der Waals surface area contributed by atoms with E-state index in [4.69, 9.17) is 5.73 Å². The van der Waals surface area contributed by atoms with E-state index in [1.165, 1.54) is 24.3 Å². The Morgan fingerprint density at radius 2 is 1.65 bits per heavy atom.